The third kappa shape index (κ3) is 2.96. The molecule has 2 saturated heterocycles. The molecule has 1 spiro atoms. The van der Waals surface area contributed by atoms with Crippen LogP contribution in [0.2, 0.25) is 0 Å². The van der Waals surface area contributed by atoms with Gasteiger partial charge in [0.2, 0.25) is 0 Å². The Morgan fingerprint density at radius 1 is 1.23 bits per heavy atom. The quantitative estimate of drug-likeness (QED) is 0.484. The highest BCUT2D eigenvalue weighted by atomic mass is 32.2. The molecule has 0 aromatic carbocycles. The molecule has 1 aliphatic carbocycles. The van der Waals surface area contributed by atoms with Crippen LogP contribution in [0.1, 0.15) is 31.9 Å². The summed E-state index contributed by atoms with van der Waals surface area (Å²) in [5.74, 6) is -0.928. The summed E-state index contributed by atoms with van der Waals surface area (Å²) in [5, 5.41) is 0. The number of hydrogen-bond acceptors (Lipinski definition) is 9. The van der Waals surface area contributed by atoms with Crippen LogP contribution in [0, 0.1) is 0 Å². The average molecular weight is 454 g/mol. The van der Waals surface area contributed by atoms with Crippen LogP contribution in [0.25, 0.3) is 0 Å². The molecule has 14 heteroatoms. The Morgan fingerprint density at radius 2 is 1.97 bits per heavy atom. The summed E-state index contributed by atoms with van der Waals surface area (Å²) in [6, 6.07) is 1.05. The maximum absolute atomic E-state index is 12.8. The van der Waals surface area contributed by atoms with E-state index in [1.165, 1.54) is 16.8 Å². The molecule has 1 aromatic rings. The van der Waals surface area contributed by atoms with E-state index in [1.807, 2.05) is 0 Å². The van der Waals surface area contributed by atoms with Crippen LogP contribution in [0.3, 0.4) is 0 Å². The molecule has 4 heterocycles. The molecule has 10 nitrogen and oxygen atoms in total. The van der Waals surface area contributed by atoms with Gasteiger partial charge in [-0.15, -0.1) is 0 Å². The van der Waals surface area contributed by atoms with E-state index in [0.29, 0.717) is 12.8 Å². The maximum atomic E-state index is 12.8. The van der Waals surface area contributed by atoms with Crippen molar-refractivity contribution in [3.8, 4) is 6.01 Å². The standard InChI is InChI=1S/C16H17F3N2O8S/c17-16(18,19)30(23,24)26-8-14-7-25-13-20-9(22)3-6-21(13)12(29-14)10-11(14)28-15(27-10)4-1-2-5-15/h3,6,10-12H,1-2,4-5,7-8H2/t10-,11+,12?,14+/m1/s1. The van der Waals surface area contributed by atoms with Gasteiger partial charge in [-0.05, 0) is 12.8 Å². The summed E-state index contributed by atoms with van der Waals surface area (Å²) in [5.41, 5.74) is -7.91. The number of fused-ring (bicyclic) bond motifs is 7. The van der Waals surface area contributed by atoms with Gasteiger partial charge in [0.1, 0.15) is 25.4 Å². The van der Waals surface area contributed by atoms with Gasteiger partial charge in [-0.3, -0.25) is 13.5 Å². The largest absolute Gasteiger partial charge is 0.523 e. The Hall–Kier alpha value is -1.74. The van der Waals surface area contributed by atoms with Crippen molar-refractivity contribution in [3.63, 3.8) is 0 Å². The summed E-state index contributed by atoms with van der Waals surface area (Å²) in [6.45, 7) is -1.46. The lowest BCUT2D eigenvalue weighted by Crippen LogP contribution is -2.52. The molecule has 3 fully saturated rings. The third-order valence-corrected chi connectivity index (χ3v) is 6.77. The lowest BCUT2D eigenvalue weighted by atomic mass is 9.96. The van der Waals surface area contributed by atoms with Gasteiger partial charge in [0.05, 0.1) is 0 Å². The molecule has 4 aliphatic rings. The SMILES string of the molecule is O=c1ccn2c(n1)OC[C@@]1(COS(=O)(=O)C(F)(F)F)OC2[C@@H]2OC3(CCCC3)O[C@@H]21. The number of nitrogens with zero attached hydrogens (tertiary/aromatic N) is 2. The molecule has 0 amide bonds. The summed E-state index contributed by atoms with van der Waals surface area (Å²) < 4.78 is 90.7. The first-order chi connectivity index (χ1) is 14.0. The van der Waals surface area contributed by atoms with Crippen LogP contribution in [-0.4, -0.2) is 60.3 Å². The van der Waals surface area contributed by atoms with Gasteiger partial charge in [0, 0.05) is 25.1 Å². The highest BCUT2D eigenvalue weighted by Crippen LogP contribution is 2.54. The summed E-state index contributed by atoms with van der Waals surface area (Å²) in [7, 11) is -5.87. The highest BCUT2D eigenvalue weighted by Gasteiger charge is 2.68. The molecular formula is C16H17F3N2O8S. The van der Waals surface area contributed by atoms with Crippen molar-refractivity contribution in [2.24, 2.45) is 0 Å². The predicted molar refractivity (Wildman–Crippen MR) is 88.7 cm³/mol. The molecule has 4 atom stereocenters. The first-order valence-corrected chi connectivity index (χ1v) is 10.7. The van der Waals surface area contributed by atoms with Crippen molar-refractivity contribution in [1.29, 1.82) is 0 Å². The third-order valence-electron chi connectivity index (χ3n) is 5.78. The van der Waals surface area contributed by atoms with Crippen LogP contribution in [0.15, 0.2) is 17.1 Å². The highest BCUT2D eigenvalue weighted by molar-refractivity contribution is 7.87. The summed E-state index contributed by atoms with van der Waals surface area (Å²) in [4.78, 5) is 15.4. The second kappa shape index (κ2) is 6.38. The Kier molecular flexibility index (Phi) is 4.29. The van der Waals surface area contributed by atoms with Gasteiger partial charge < -0.3 is 18.9 Å². The van der Waals surface area contributed by atoms with Crippen molar-refractivity contribution in [1.82, 2.24) is 9.55 Å². The van der Waals surface area contributed by atoms with Crippen LogP contribution >= 0.6 is 0 Å². The fourth-order valence-electron chi connectivity index (χ4n) is 4.39. The zero-order chi connectivity index (χ0) is 21.4. The van der Waals surface area contributed by atoms with E-state index in [4.69, 9.17) is 18.9 Å². The second-order valence-electron chi connectivity index (χ2n) is 7.72. The normalized spacial score (nSPS) is 34.4. The Balaban J connectivity index is 1.52. The van der Waals surface area contributed by atoms with E-state index in [2.05, 4.69) is 9.17 Å². The maximum Gasteiger partial charge on any atom is 0.523 e. The van der Waals surface area contributed by atoms with E-state index in [0.717, 1.165) is 12.8 Å². The van der Waals surface area contributed by atoms with Gasteiger partial charge in [-0.2, -0.15) is 26.6 Å². The predicted octanol–water partition coefficient (Wildman–Crippen LogP) is 0.824. The molecule has 5 rings (SSSR count). The van der Waals surface area contributed by atoms with Gasteiger partial charge in [-0.25, -0.2) is 0 Å². The van der Waals surface area contributed by atoms with Gasteiger partial charge >= 0.3 is 21.6 Å². The van der Waals surface area contributed by atoms with E-state index >= 15 is 0 Å². The first-order valence-electron chi connectivity index (χ1n) is 9.25. The lowest BCUT2D eigenvalue weighted by Gasteiger charge is -2.33. The molecule has 30 heavy (non-hydrogen) atoms. The minimum Gasteiger partial charge on any atom is -0.461 e. The van der Waals surface area contributed by atoms with Crippen molar-refractivity contribution in [2.75, 3.05) is 13.2 Å². The molecule has 1 aromatic heterocycles. The number of alkyl halides is 3. The van der Waals surface area contributed by atoms with E-state index in [9.17, 15) is 26.4 Å². The average Bonchev–Trinajstić information content (AvgIpc) is 3.31. The van der Waals surface area contributed by atoms with Crippen molar-refractivity contribution in [2.45, 2.75) is 61.0 Å². The fraction of sp³-hybridized carbons (Fsp3) is 0.750. The molecule has 1 saturated carbocycles. The zero-order valence-corrected chi connectivity index (χ0v) is 16.1. The monoisotopic (exact) mass is 454 g/mol. The number of ether oxygens (including phenoxy) is 4. The Morgan fingerprint density at radius 3 is 2.67 bits per heavy atom. The first kappa shape index (κ1) is 20.2. The molecule has 2 bridgehead atoms. The smallest absolute Gasteiger partial charge is 0.461 e. The van der Waals surface area contributed by atoms with Crippen molar-refractivity contribution < 1.29 is 44.7 Å². The molecule has 3 aliphatic heterocycles. The van der Waals surface area contributed by atoms with Gasteiger partial charge in [-0.1, -0.05) is 0 Å². The van der Waals surface area contributed by atoms with Crippen LogP contribution in [0.5, 0.6) is 6.01 Å². The molecule has 0 radical (unpaired) electrons. The molecule has 166 valence electrons. The lowest BCUT2D eigenvalue weighted by molar-refractivity contribution is -0.237. The minimum atomic E-state index is -5.87. The van der Waals surface area contributed by atoms with Crippen LogP contribution < -0.4 is 10.3 Å². The number of rotatable bonds is 3. The number of hydrogen-bond donors (Lipinski definition) is 0. The fourth-order valence-corrected chi connectivity index (χ4v) is 4.88. The van der Waals surface area contributed by atoms with Crippen molar-refractivity contribution in [3.05, 3.63) is 22.6 Å². The van der Waals surface area contributed by atoms with E-state index < -0.39 is 64.2 Å². The van der Waals surface area contributed by atoms with E-state index in [-0.39, 0.29) is 6.01 Å². The number of aromatic nitrogens is 2. The molecule has 0 N–H and O–H groups in total. The summed E-state index contributed by atoms with van der Waals surface area (Å²) in [6.07, 6.45) is 1.53. The molecule has 1 unspecified atom stereocenters. The van der Waals surface area contributed by atoms with E-state index in [1.54, 1.807) is 0 Å². The van der Waals surface area contributed by atoms with Gasteiger partial charge in [0.15, 0.2) is 17.6 Å². The number of halogens is 3. The Bertz CT molecular complexity index is 1020. The van der Waals surface area contributed by atoms with Crippen molar-refractivity contribution >= 4 is 10.1 Å². The zero-order valence-electron chi connectivity index (χ0n) is 15.3. The topological polar surface area (TPSA) is 115 Å². The molecular weight excluding hydrogens is 437 g/mol. The van der Waals surface area contributed by atoms with Crippen LogP contribution in [-0.2, 0) is 28.5 Å². The Labute approximate surface area is 167 Å². The van der Waals surface area contributed by atoms with Gasteiger partial charge in [0.25, 0.3) is 5.56 Å². The second-order valence-corrected chi connectivity index (χ2v) is 9.33. The van der Waals surface area contributed by atoms with Crippen LogP contribution in [0.4, 0.5) is 13.2 Å². The summed E-state index contributed by atoms with van der Waals surface area (Å²) >= 11 is 0. The minimum absolute atomic E-state index is 0.123.